The number of nitrogens with zero attached hydrogens (tertiary/aromatic N) is 3. The molecule has 25 heavy (non-hydrogen) atoms. The molecule has 0 aromatic carbocycles. The second kappa shape index (κ2) is 7.77. The monoisotopic (exact) mass is 363 g/mol. The summed E-state index contributed by atoms with van der Waals surface area (Å²) in [7, 11) is 0. The number of piperidine rings is 1. The lowest BCUT2D eigenvalue weighted by atomic mass is 9.97. The van der Waals surface area contributed by atoms with Crippen molar-refractivity contribution in [2.75, 3.05) is 31.2 Å². The number of ether oxygens (including phenoxy) is 2. The standard InChI is InChI=1S/C17H21N3O4S/c1-3-23-16(21)11-5-7-20(8-6-11)14-13-12(17(22)24-4-2)9-25-15(13)19-10-18-14/h9-11H,3-8H2,1-2H3. The van der Waals surface area contributed by atoms with Gasteiger partial charge in [-0.2, -0.15) is 0 Å². The van der Waals surface area contributed by atoms with E-state index in [4.69, 9.17) is 9.47 Å². The third-order valence-corrected chi connectivity index (χ3v) is 5.15. The number of carbonyl (C=O) groups is 2. The molecule has 0 atom stereocenters. The molecule has 7 nitrogen and oxygen atoms in total. The molecule has 3 rings (SSSR count). The van der Waals surface area contributed by atoms with Crippen LogP contribution in [-0.4, -0.2) is 48.2 Å². The van der Waals surface area contributed by atoms with Crippen molar-refractivity contribution in [3.63, 3.8) is 0 Å². The smallest absolute Gasteiger partial charge is 0.339 e. The van der Waals surface area contributed by atoms with Gasteiger partial charge in [-0.05, 0) is 26.7 Å². The third kappa shape index (κ3) is 3.58. The Morgan fingerprint density at radius 1 is 1.20 bits per heavy atom. The maximum Gasteiger partial charge on any atom is 0.339 e. The van der Waals surface area contributed by atoms with Gasteiger partial charge in [-0.15, -0.1) is 11.3 Å². The van der Waals surface area contributed by atoms with E-state index in [1.54, 1.807) is 12.3 Å². The Morgan fingerprint density at radius 2 is 1.92 bits per heavy atom. The number of aromatic nitrogens is 2. The van der Waals surface area contributed by atoms with E-state index in [1.807, 2.05) is 6.92 Å². The molecular formula is C17H21N3O4S. The third-order valence-electron chi connectivity index (χ3n) is 4.26. The molecule has 1 aliphatic rings. The van der Waals surface area contributed by atoms with Crippen molar-refractivity contribution in [1.29, 1.82) is 0 Å². The molecular weight excluding hydrogens is 342 g/mol. The van der Waals surface area contributed by atoms with E-state index < -0.39 is 0 Å². The first kappa shape index (κ1) is 17.6. The largest absolute Gasteiger partial charge is 0.466 e. The van der Waals surface area contributed by atoms with Gasteiger partial charge in [0.15, 0.2) is 0 Å². The van der Waals surface area contributed by atoms with E-state index in [2.05, 4.69) is 14.9 Å². The Bertz CT molecular complexity index is 768. The number of hydrogen-bond acceptors (Lipinski definition) is 8. The fourth-order valence-electron chi connectivity index (χ4n) is 3.05. The summed E-state index contributed by atoms with van der Waals surface area (Å²) in [6, 6.07) is 0. The van der Waals surface area contributed by atoms with Gasteiger partial charge in [0.1, 0.15) is 17.0 Å². The highest BCUT2D eigenvalue weighted by Gasteiger charge is 2.29. The van der Waals surface area contributed by atoms with Gasteiger partial charge in [0, 0.05) is 18.5 Å². The van der Waals surface area contributed by atoms with Gasteiger partial charge >= 0.3 is 11.9 Å². The topological polar surface area (TPSA) is 81.6 Å². The second-order valence-corrected chi connectivity index (χ2v) is 6.62. The first-order valence-corrected chi connectivity index (χ1v) is 9.34. The zero-order valence-electron chi connectivity index (χ0n) is 14.4. The fourth-order valence-corrected chi connectivity index (χ4v) is 3.92. The molecule has 0 aliphatic carbocycles. The van der Waals surface area contributed by atoms with Gasteiger partial charge in [0.25, 0.3) is 0 Å². The number of rotatable bonds is 5. The summed E-state index contributed by atoms with van der Waals surface area (Å²) >= 11 is 1.41. The van der Waals surface area contributed by atoms with Crippen LogP contribution in [-0.2, 0) is 14.3 Å². The summed E-state index contributed by atoms with van der Waals surface area (Å²) in [5, 5.41) is 2.51. The Labute approximate surface area is 150 Å². The van der Waals surface area contributed by atoms with Crippen molar-refractivity contribution in [2.24, 2.45) is 5.92 Å². The zero-order valence-corrected chi connectivity index (χ0v) is 15.2. The highest BCUT2D eigenvalue weighted by atomic mass is 32.1. The molecule has 0 amide bonds. The maximum atomic E-state index is 12.2. The minimum atomic E-state index is -0.355. The van der Waals surface area contributed by atoms with E-state index in [9.17, 15) is 9.59 Å². The minimum Gasteiger partial charge on any atom is -0.466 e. The summed E-state index contributed by atoms with van der Waals surface area (Å²) < 4.78 is 10.3. The predicted octanol–water partition coefficient (Wildman–Crippen LogP) is 2.65. The maximum absolute atomic E-state index is 12.2. The minimum absolute atomic E-state index is 0.0690. The van der Waals surface area contributed by atoms with Crippen LogP contribution in [0.15, 0.2) is 11.7 Å². The molecule has 2 aromatic rings. The molecule has 0 bridgehead atoms. The molecule has 1 saturated heterocycles. The molecule has 8 heteroatoms. The van der Waals surface area contributed by atoms with E-state index in [-0.39, 0.29) is 17.9 Å². The van der Waals surface area contributed by atoms with Crippen LogP contribution in [0.1, 0.15) is 37.0 Å². The zero-order chi connectivity index (χ0) is 17.8. The summed E-state index contributed by atoms with van der Waals surface area (Å²) in [6.07, 6.45) is 2.94. The van der Waals surface area contributed by atoms with Crippen molar-refractivity contribution in [3.8, 4) is 0 Å². The highest BCUT2D eigenvalue weighted by molar-refractivity contribution is 7.17. The van der Waals surface area contributed by atoms with Gasteiger partial charge in [-0.25, -0.2) is 14.8 Å². The molecule has 3 heterocycles. The molecule has 0 saturated carbocycles. The normalized spacial score (nSPS) is 15.4. The second-order valence-electron chi connectivity index (χ2n) is 5.76. The van der Waals surface area contributed by atoms with Crippen LogP contribution in [0.2, 0.25) is 0 Å². The van der Waals surface area contributed by atoms with Crippen LogP contribution in [0.4, 0.5) is 5.82 Å². The number of thiophene rings is 1. The van der Waals surface area contributed by atoms with Gasteiger partial charge in [0.05, 0.1) is 30.1 Å². The van der Waals surface area contributed by atoms with Crippen LogP contribution in [0.3, 0.4) is 0 Å². The lowest BCUT2D eigenvalue weighted by molar-refractivity contribution is -0.148. The average Bonchev–Trinajstić information content (AvgIpc) is 3.06. The lowest BCUT2D eigenvalue weighted by Gasteiger charge is -2.32. The van der Waals surface area contributed by atoms with Crippen LogP contribution in [0, 0.1) is 5.92 Å². The SMILES string of the molecule is CCOC(=O)c1csc2ncnc(N3CCC(C(=O)OCC)CC3)c12. The molecule has 134 valence electrons. The van der Waals surface area contributed by atoms with E-state index in [1.165, 1.54) is 17.7 Å². The predicted molar refractivity (Wildman–Crippen MR) is 94.9 cm³/mol. The van der Waals surface area contributed by atoms with Crippen LogP contribution < -0.4 is 4.90 Å². The van der Waals surface area contributed by atoms with Crippen LogP contribution >= 0.6 is 11.3 Å². The van der Waals surface area contributed by atoms with Crippen molar-refractivity contribution in [1.82, 2.24) is 9.97 Å². The van der Waals surface area contributed by atoms with Crippen molar-refractivity contribution < 1.29 is 19.1 Å². The summed E-state index contributed by atoms with van der Waals surface area (Å²) in [5.74, 6) is 0.182. The van der Waals surface area contributed by atoms with Crippen molar-refractivity contribution in [2.45, 2.75) is 26.7 Å². The van der Waals surface area contributed by atoms with Crippen molar-refractivity contribution >= 4 is 39.3 Å². The Balaban J connectivity index is 1.83. The first-order chi connectivity index (χ1) is 12.2. The molecule has 2 aromatic heterocycles. The quantitative estimate of drug-likeness (QED) is 0.755. The van der Waals surface area contributed by atoms with Crippen LogP contribution in [0.5, 0.6) is 0 Å². The van der Waals surface area contributed by atoms with Gasteiger partial charge in [-0.3, -0.25) is 4.79 Å². The molecule has 0 N–H and O–H groups in total. The average molecular weight is 363 g/mol. The highest BCUT2D eigenvalue weighted by Crippen LogP contribution is 2.33. The van der Waals surface area contributed by atoms with E-state index >= 15 is 0 Å². The summed E-state index contributed by atoms with van der Waals surface area (Å²) in [4.78, 5) is 35.7. The Hall–Kier alpha value is -2.22. The number of hydrogen-bond donors (Lipinski definition) is 0. The number of fused-ring (bicyclic) bond motifs is 1. The van der Waals surface area contributed by atoms with E-state index in [0.29, 0.717) is 44.7 Å². The molecule has 1 aliphatic heterocycles. The van der Waals surface area contributed by atoms with Crippen LogP contribution in [0.25, 0.3) is 10.2 Å². The van der Waals surface area contributed by atoms with Gasteiger partial charge in [-0.1, -0.05) is 0 Å². The van der Waals surface area contributed by atoms with Gasteiger partial charge < -0.3 is 14.4 Å². The number of carbonyl (C=O) groups excluding carboxylic acids is 2. The fraction of sp³-hybridized carbons (Fsp3) is 0.529. The Morgan fingerprint density at radius 3 is 2.60 bits per heavy atom. The number of esters is 2. The summed E-state index contributed by atoms with van der Waals surface area (Å²) in [5.41, 5.74) is 0.505. The number of anilines is 1. The lowest BCUT2D eigenvalue weighted by Crippen LogP contribution is -2.37. The molecule has 0 unspecified atom stereocenters. The first-order valence-electron chi connectivity index (χ1n) is 8.46. The van der Waals surface area contributed by atoms with E-state index in [0.717, 1.165) is 16.0 Å². The van der Waals surface area contributed by atoms with Crippen molar-refractivity contribution in [3.05, 3.63) is 17.3 Å². The molecule has 0 spiro atoms. The summed E-state index contributed by atoms with van der Waals surface area (Å²) in [6.45, 7) is 5.71. The van der Waals surface area contributed by atoms with Gasteiger partial charge in [0.2, 0.25) is 0 Å². The Kier molecular flexibility index (Phi) is 5.47. The molecule has 0 radical (unpaired) electrons. The molecule has 1 fully saturated rings.